The van der Waals surface area contributed by atoms with Gasteiger partial charge < -0.3 is 4.98 Å². The molecule has 0 aliphatic heterocycles. The number of pyridine rings is 1. The van der Waals surface area contributed by atoms with Gasteiger partial charge in [0.25, 0.3) is 5.56 Å². The monoisotopic (exact) mass is 341 g/mol. The van der Waals surface area contributed by atoms with Gasteiger partial charge in [-0.2, -0.15) is 13.2 Å². The predicted molar refractivity (Wildman–Crippen MR) is 72.5 cm³/mol. The van der Waals surface area contributed by atoms with Crippen molar-refractivity contribution in [2.24, 2.45) is 0 Å². The minimum absolute atomic E-state index is 0.0133. The standard InChI is InChI=1S/C12H5Cl3F3NO/c13-8-2-1-6(9(14)10(8)15)5-3-7(12(16,17)18)11(20)19-4-5/h1-4H,(H,19,20). The van der Waals surface area contributed by atoms with Crippen LogP contribution in [0.5, 0.6) is 0 Å². The lowest BCUT2D eigenvalue weighted by atomic mass is 10.1. The zero-order valence-corrected chi connectivity index (χ0v) is 11.8. The highest BCUT2D eigenvalue weighted by molar-refractivity contribution is 6.49. The fourth-order valence-corrected chi connectivity index (χ4v) is 2.24. The molecule has 0 amide bonds. The van der Waals surface area contributed by atoms with Crippen LogP contribution in [0.15, 0.2) is 29.2 Å². The van der Waals surface area contributed by atoms with E-state index in [0.29, 0.717) is 6.07 Å². The number of H-pyrrole nitrogens is 1. The molecule has 1 aromatic carbocycles. The van der Waals surface area contributed by atoms with Crippen molar-refractivity contribution in [3.8, 4) is 11.1 Å². The second-order valence-electron chi connectivity index (χ2n) is 3.85. The Hall–Kier alpha value is -1.17. The van der Waals surface area contributed by atoms with Gasteiger partial charge in [-0.15, -0.1) is 0 Å². The first-order valence-electron chi connectivity index (χ1n) is 5.15. The summed E-state index contributed by atoms with van der Waals surface area (Å²) >= 11 is 17.5. The highest BCUT2D eigenvalue weighted by Gasteiger charge is 2.34. The van der Waals surface area contributed by atoms with Crippen molar-refractivity contribution < 1.29 is 13.2 Å². The number of aromatic amines is 1. The molecule has 2 nitrogen and oxygen atoms in total. The van der Waals surface area contributed by atoms with E-state index in [-0.39, 0.29) is 26.2 Å². The molecule has 8 heteroatoms. The van der Waals surface area contributed by atoms with E-state index < -0.39 is 17.3 Å². The molecule has 0 saturated heterocycles. The van der Waals surface area contributed by atoms with E-state index in [1.807, 2.05) is 4.98 Å². The van der Waals surface area contributed by atoms with Crippen molar-refractivity contribution in [2.45, 2.75) is 6.18 Å². The summed E-state index contributed by atoms with van der Waals surface area (Å²) in [5.41, 5.74) is -2.21. The quantitative estimate of drug-likeness (QED) is 0.725. The molecular formula is C12H5Cl3F3NO. The maximum atomic E-state index is 12.7. The first-order chi connectivity index (χ1) is 9.21. The minimum atomic E-state index is -4.76. The lowest BCUT2D eigenvalue weighted by molar-refractivity contribution is -0.138. The molecule has 2 rings (SSSR count). The topological polar surface area (TPSA) is 32.9 Å². The summed E-state index contributed by atoms with van der Waals surface area (Å²) < 4.78 is 38.1. The van der Waals surface area contributed by atoms with Crippen LogP contribution in [0, 0.1) is 0 Å². The molecule has 0 spiro atoms. The zero-order valence-electron chi connectivity index (χ0n) is 9.49. The van der Waals surface area contributed by atoms with Gasteiger partial charge in [0, 0.05) is 17.3 Å². The van der Waals surface area contributed by atoms with Crippen LogP contribution in [0.2, 0.25) is 15.1 Å². The van der Waals surface area contributed by atoms with Gasteiger partial charge >= 0.3 is 6.18 Å². The van der Waals surface area contributed by atoms with Crippen molar-refractivity contribution >= 4 is 34.8 Å². The average Bonchev–Trinajstić information content (AvgIpc) is 2.36. The lowest BCUT2D eigenvalue weighted by Gasteiger charge is -2.10. The van der Waals surface area contributed by atoms with Crippen molar-refractivity contribution in [2.75, 3.05) is 0 Å². The van der Waals surface area contributed by atoms with Gasteiger partial charge in [-0.05, 0) is 12.1 Å². The van der Waals surface area contributed by atoms with E-state index in [9.17, 15) is 18.0 Å². The summed E-state index contributed by atoms with van der Waals surface area (Å²) in [4.78, 5) is 13.2. The minimum Gasteiger partial charge on any atom is -0.328 e. The molecular weight excluding hydrogens is 337 g/mol. The summed E-state index contributed by atoms with van der Waals surface area (Å²) in [5.74, 6) is 0. The Kier molecular flexibility index (Phi) is 4.04. The van der Waals surface area contributed by atoms with Crippen LogP contribution in [0.1, 0.15) is 5.56 Å². The highest BCUT2D eigenvalue weighted by atomic mass is 35.5. The number of hydrogen-bond donors (Lipinski definition) is 1. The van der Waals surface area contributed by atoms with E-state index in [2.05, 4.69) is 0 Å². The summed E-state index contributed by atoms with van der Waals surface area (Å²) in [6.07, 6.45) is -3.63. The van der Waals surface area contributed by atoms with E-state index in [1.165, 1.54) is 12.1 Å². The molecule has 1 N–H and O–H groups in total. The van der Waals surface area contributed by atoms with Gasteiger partial charge in [0.05, 0.1) is 15.1 Å². The van der Waals surface area contributed by atoms with E-state index in [4.69, 9.17) is 34.8 Å². The van der Waals surface area contributed by atoms with Gasteiger partial charge in [0.1, 0.15) is 5.56 Å². The van der Waals surface area contributed by atoms with Gasteiger partial charge in [0.15, 0.2) is 0 Å². The number of benzene rings is 1. The van der Waals surface area contributed by atoms with Gasteiger partial charge in [-0.25, -0.2) is 0 Å². The number of rotatable bonds is 1. The molecule has 0 radical (unpaired) electrons. The Morgan fingerprint density at radius 3 is 2.30 bits per heavy atom. The van der Waals surface area contributed by atoms with E-state index in [0.717, 1.165) is 6.20 Å². The lowest BCUT2D eigenvalue weighted by Crippen LogP contribution is -2.20. The molecule has 0 aliphatic rings. The molecule has 20 heavy (non-hydrogen) atoms. The fraction of sp³-hybridized carbons (Fsp3) is 0.0833. The van der Waals surface area contributed by atoms with Crippen LogP contribution in [-0.2, 0) is 6.18 Å². The van der Waals surface area contributed by atoms with Crippen LogP contribution in [0.4, 0.5) is 13.2 Å². The second kappa shape index (κ2) is 5.31. The van der Waals surface area contributed by atoms with Crippen LogP contribution in [0.3, 0.4) is 0 Å². The maximum Gasteiger partial charge on any atom is 0.421 e. The molecule has 0 atom stereocenters. The summed E-state index contributed by atoms with van der Waals surface area (Å²) in [7, 11) is 0. The predicted octanol–water partition coefficient (Wildman–Crippen LogP) is 5.02. The number of alkyl halides is 3. The largest absolute Gasteiger partial charge is 0.421 e. The number of hydrogen-bond acceptors (Lipinski definition) is 1. The van der Waals surface area contributed by atoms with Crippen molar-refractivity contribution in [3.63, 3.8) is 0 Å². The van der Waals surface area contributed by atoms with Gasteiger partial charge in [0.2, 0.25) is 0 Å². The van der Waals surface area contributed by atoms with Crippen molar-refractivity contribution in [1.82, 2.24) is 4.98 Å². The third-order valence-electron chi connectivity index (χ3n) is 2.55. The molecule has 106 valence electrons. The number of nitrogens with one attached hydrogen (secondary N) is 1. The SMILES string of the molecule is O=c1[nH]cc(-c2ccc(Cl)c(Cl)c2Cl)cc1C(F)(F)F. The molecule has 0 bridgehead atoms. The van der Waals surface area contributed by atoms with E-state index >= 15 is 0 Å². The van der Waals surface area contributed by atoms with Crippen LogP contribution >= 0.6 is 34.8 Å². The summed E-state index contributed by atoms with van der Waals surface area (Å²) in [6, 6.07) is 3.54. The average molecular weight is 343 g/mol. The Balaban J connectivity index is 2.66. The summed E-state index contributed by atoms with van der Waals surface area (Å²) in [5, 5.41) is 0.228. The molecule has 0 saturated carbocycles. The van der Waals surface area contributed by atoms with E-state index in [1.54, 1.807) is 0 Å². The van der Waals surface area contributed by atoms with Crippen LogP contribution in [0.25, 0.3) is 11.1 Å². The molecule has 1 heterocycles. The van der Waals surface area contributed by atoms with Gasteiger partial charge in [-0.1, -0.05) is 40.9 Å². The number of halogens is 6. The Morgan fingerprint density at radius 2 is 1.70 bits per heavy atom. The third kappa shape index (κ3) is 2.80. The van der Waals surface area contributed by atoms with Crippen LogP contribution < -0.4 is 5.56 Å². The highest BCUT2D eigenvalue weighted by Crippen LogP contribution is 2.38. The molecule has 0 aliphatic carbocycles. The first-order valence-corrected chi connectivity index (χ1v) is 6.29. The Bertz CT molecular complexity index is 725. The first kappa shape index (κ1) is 15.2. The van der Waals surface area contributed by atoms with Crippen LogP contribution in [-0.4, -0.2) is 4.98 Å². The number of aromatic nitrogens is 1. The fourth-order valence-electron chi connectivity index (χ4n) is 1.60. The van der Waals surface area contributed by atoms with Crippen molar-refractivity contribution in [1.29, 1.82) is 0 Å². The Morgan fingerprint density at radius 1 is 1.05 bits per heavy atom. The third-order valence-corrected chi connectivity index (χ3v) is 3.85. The molecule has 0 unspecified atom stereocenters. The molecule has 0 fully saturated rings. The molecule has 2 aromatic rings. The Labute approximate surface area is 126 Å². The van der Waals surface area contributed by atoms with Gasteiger partial charge in [-0.3, -0.25) is 4.79 Å². The smallest absolute Gasteiger partial charge is 0.328 e. The second-order valence-corrected chi connectivity index (χ2v) is 5.01. The zero-order chi connectivity index (χ0) is 15.1. The normalized spacial score (nSPS) is 11.7. The summed E-state index contributed by atoms with van der Waals surface area (Å²) in [6.45, 7) is 0. The molecule has 1 aromatic heterocycles. The maximum absolute atomic E-state index is 12.7. The van der Waals surface area contributed by atoms with Crippen molar-refractivity contribution in [3.05, 3.63) is 55.4 Å².